The molecule has 2 amide bonds. The Morgan fingerprint density at radius 3 is 2.30 bits per heavy atom. The minimum atomic E-state index is -0.472. The largest absolute Gasteiger partial charge is 0.444 e. The van der Waals surface area contributed by atoms with E-state index in [-0.39, 0.29) is 30.1 Å². The molecule has 0 bridgehead atoms. The molecule has 0 aromatic rings. The van der Waals surface area contributed by atoms with E-state index in [1.807, 2.05) is 34.6 Å². The Labute approximate surface area is 121 Å². The van der Waals surface area contributed by atoms with Crippen molar-refractivity contribution in [1.82, 2.24) is 16.0 Å². The maximum Gasteiger partial charge on any atom is 0.407 e. The third-order valence-corrected chi connectivity index (χ3v) is 2.86. The maximum absolute atomic E-state index is 11.5. The number of nitrogens with one attached hydrogen (secondary N) is 3. The van der Waals surface area contributed by atoms with Crippen molar-refractivity contribution >= 4 is 12.0 Å². The van der Waals surface area contributed by atoms with Crippen LogP contribution in [0.4, 0.5) is 4.79 Å². The van der Waals surface area contributed by atoms with Gasteiger partial charge in [-0.3, -0.25) is 4.79 Å². The number of rotatable bonds is 5. The fourth-order valence-electron chi connectivity index (χ4n) is 1.99. The normalized spacial score (nSPS) is 22.1. The van der Waals surface area contributed by atoms with Crippen molar-refractivity contribution in [3.8, 4) is 0 Å². The highest BCUT2D eigenvalue weighted by Gasteiger charge is 2.31. The molecule has 3 N–H and O–H groups in total. The van der Waals surface area contributed by atoms with Gasteiger partial charge in [0.05, 0.1) is 6.54 Å². The quantitative estimate of drug-likeness (QED) is 0.708. The maximum atomic E-state index is 11.5. The average Bonchev–Trinajstić information content (AvgIpc) is 2.17. The zero-order valence-electron chi connectivity index (χ0n) is 13.1. The lowest BCUT2D eigenvalue weighted by Crippen LogP contribution is -2.54. The first-order valence-corrected chi connectivity index (χ1v) is 7.18. The number of amides is 2. The van der Waals surface area contributed by atoms with Crippen molar-refractivity contribution in [2.24, 2.45) is 0 Å². The van der Waals surface area contributed by atoms with E-state index in [1.54, 1.807) is 0 Å². The van der Waals surface area contributed by atoms with Crippen molar-refractivity contribution in [2.45, 2.75) is 71.2 Å². The molecule has 1 rings (SSSR count). The minimum Gasteiger partial charge on any atom is -0.444 e. The molecule has 0 aromatic heterocycles. The van der Waals surface area contributed by atoms with Gasteiger partial charge in [-0.1, -0.05) is 0 Å². The Hall–Kier alpha value is -1.30. The Morgan fingerprint density at radius 1 is 1.20 bits per heavy atom. The second-order valence-corrected chi connectivity index (χ2v) is 6.61. The molecule has 1 aliphatic rings. The van der Waals surface area contributed by atoms with Gasteiger partial charge in [0, 0.05) is 18.1 Å². The topological polar surface area (TPSA) is 79.5 Å². The molecule has 0 saturated heterocycles. The monoisotopic (exact) mass is 285 g/mol. The number of ether oxygens (including phenoxy) is 1. The highest BCUT2D eigenvalue weighted by atomic mass is 16.6. The second kappa shape index (κ2) is 6.92. The molecule has 1 aliphatic carbocycles. The minimum absolute atomic E-state index is 0.00329. The lowest BCUT2D eigenvalue weighted by molar-refractivity contribution is -0.121. The van der Waals surface area contributed by atoms with E-state index in [1.165, 1.54) is 0 Å². The highest BCUT2D eigenvalue weighted by Crippen LogP contribution is 2.20. The van der Waals surface area contributed by atoms with Crippen LogP contribution in [0.3, 0.4) is 0 Å². The molecule has 6 nitrogen and oxygen atoms in total. The van der Waals surface area contributed by atoms with Gasteiger partial charge in [-0.05, 0) is 47.5 Å². The van der Waals surface area contributed by atoms with E-state index in [4.69, 9.17) is 4.74 Å². The van der Waals surface area contributed by atoms with E-state index >= 15 is 0 Å². The molecule has 20 heavy (non-hydrogen) atoms. The molecule has 0 radical (unpaired) electrons. The molecule has 0 heterocycles. The zero-order valence-corrected chi connectivity index (χ0v) is 13.1. The van der Waals surface area contributed by atoms with Crippen LogP contribution in [0.15, 0.2) is 0 Å². The smallest absolute Gasteiger partial charge is 0.407 e. The Morgan fingerprint density at radius 2 is 1.80 bits per heavy atom. The Kier molecular flexibility index (Phi) is 5.80. The highest BCUT2D eigenvalue weighted by molar-refractivity contribution is 5.78. The van der Waals surface area contributed by atoms with Crippen LogP contribution in [0.2, 0.25) is 0 Å². The SMILES string of the molecule is CC(C)NC(=O)CNC1CC(NC(=O)OC(C)(C)C)C1. The molecule has 0 aliphatic heterocycles. The molecule has 0 unspecified atom stereocenters. The molecule has 1 fully saturated rings. The Balaban J connectivity index is 2.11. The third-order valence-electron chi connectivity index (χ3n) is 2.86. The molecule has 0 atom stereocenters. The van der Waals surface area contributed by atoms with Crippen LogP contribution in [-0.2, 0) is 9.53 Å². The van der Waals surface area contributed by atoms with Crippen molar-refractivity contribution in [2.75, 3.05) is 6.54 Å². The van der Waals surface area contributed by atoms with Gasteiger partial charge in [0.1, 0.15) is 5.60 Å². The van der Waals surface area contributed by atoms with Crippen LogP contribution in [-0.4, -0.2) is 42.3 Å². The van der Waals surface area contributed by atoms with Crippen molar-refractivity contribution in [3.63, 3.8) is 0 Å². The van der Waals surface area contributed by atoms with Crippen LogP contribution in [0, 0.1) is 0 Å². The molecule has 6 heteroatoms. The van der Waals surface area contributed by atoms with Gasteiger partial charge in [0.25, 0.3) is 0 Å². The summed E-state index contributed by atoms with van der Waals surface area (Å²) in [6.07, 6.45) is 1.28. The van der Waals surface area contributed by atoms with Crippen LogP contribution >= 0.6 is 0 Å². The first kappa shape index (κ1) is 16.8. The summed E-state index contributed by atoms with van der Waals surface area (Å²) in [5.41, 5.74) is -0.472. The van der Waals surface area contributed by atoms with Crippen molar-refractivity contribution in [3.05, 3.63) is 0 Å². The number of carbonyl (C=O) groups is 2. The second-order valence-electron chi connectivity index (χ2n) is 6.61. The fourth-order valence-corrected chi connectivity index (χ4v) is 1.99. The summed E-state index contributed by atoms with van der Waals surface area (Å²) in [6.45, 7) is 9.70. The first-order chi connectivity index (χ1) is 9.15. The van der Waals surface area contributed by atoms with E-state index in [0.29, 0.717) is 6.54 Å². The molecular weight excluding hydrogens is 258 g/mol. The lowest BCUT2D eigenvalue weighted by atomic mass is 9.87. The molecule has 0 spiro atoms. The summed E-state index contributed by atoms with van der Waals surface area (Å²) < 4.78 is 5.19. The number of carbonyl (C=O) groups excluding carboxylic acids is 2. The molecular formula is C14H27N3O3. The van der Waals surface area contributed by atoms with Gasteiger partial charge >= 0.3 is 6.09 Å². The summed E-state index contributed by atoms with van der Waals surface area (Å²) in [7, 11) is 0. The predicted octanol–water partition coefficient (Wildman–Crippen LogP) is 1.16. The predicted molar refractivity (Wildman–Crippen MR) is 77.5 cm³/mol. The van der Waals surface area contributed by atoms with Gasteiger partial charge in [-0.25, -0.2) is 4.79 Å². The Bertz CT molecular complexity index is 344. The van der Waals surface area contributed by atoms with Crippen LogP contribution in [0.5, 0.6) is 0 Å². The van der Waals surface area contributed by atoms with Gasteiger partial charge in [-0.15, -0.1) is 0 Å². The van der Waals surface area contributed by atoms with Crippen molar-refractivity contribution in [1.29, 1.82) is 0 Å². The molecule has 1 saturated carbocycles. The first-order valence-electron chi connectivity index (χ1n) is 7.18. The van der Waals surface area contributed by atoms with Crippen molar-refractivity contribution < 1.29 is 14.3 Å². The summed E-state index contributed by atoms with van der Waals surface area (Å²) >= 11 is 0. The lowest BCUT2D eigenvalue weighted by Gasteiger charge is -2.36. The standard InChI is InChI=1S/C14H27N3O3/c1-9(2)16-12(18)8-15-10-6-11(7-10)17-13(19)20-14(3,4)5/h9-11,15H,6-8H2,1-5H3,(H,16,18)(H,17,19). The van der Waals surface area contributed by atoms with E-state index < -0.39 is 5.60 Å². The van der Waals surface area contributed by atoms with Crippen LogP contribution < -0.4 is 16.0 Å². The summed E-state index contributed by atoms with van der Waals surface area (Å²) in [4.78, 5) is 23.0. The number of alkyl carbamates (subject to hydrolysis) is 1. The van der Waals surface area contributed by atoms with E-state index in [2.05, 4.69) is 16.0 Å². The number of hydrogen-bond donors (Lipinski definition) is 3. The fraction of sp³-hybridized carbons (Fsp3) is 0.857. The van der Waals surface area contributed by atoms with Crippen LogP contribution in [0.1, 0.15) is 47.5 Å². The zero-order chi connectivity index (χ0) is 15.3. The van der Waals surface area contributed by atoms with Gasteiger partial charge in [-0.2, -0.15) is 0 Å². The van der Waals surface area contributed by atoms with Gasteiger partial charge in [0.15, 0.2) is 0 Å². The molecule has 0 aromatic carbocycles. The van der Waals surface area contributed by atoms with Gasteiger partial charge in [0.2, 0.25) is 5.91 Å². The number of hydrogen-bond acceptors (Lipinski definition) is 4. The summed E-state index contributed by atoms with van der Waals surface area (Å²) in [5.74, 6) is 0.00329. The van der Waals surface area contributed by atoms with Gasteiger partial charge < -0.3 is 20.7 Å². The third kappa shape index (κ3) is 6.75. The van der Waals surface area contributed by atoms with Crippen LogP contribution in [0.25, 0.3) is 0 Å². The average molecular weight is 285 g/mol. The molecule has 116 valence electrons. The summed E-state index contributed by atoms with van der Waals surface area (Å²) in [5, 5.41) is 8.82. The van der Waals surface area contributed by atoms with E-state index in [9.17, 15) is 9.59 Å². The van der Waals surface area contributed by atoms with E-state index in [0.717, 1.165) is 12.8 Å². The summed E-state index contributed by atoms with van der Waals surface area (Å²) in [6, 6.07) is 0.579.